The molecule has 0 aliphatic carbocycles. The average Bonchev–Trinajstić information content (AvgIpc) is 2.14. The molecule has 43 valence electrons. The molecule has 0 saturated carbocycles. The van der Waals surface area contributed by atoms with E-state index in [1.54, 1.807) is 10.9 Å². The highest BCUT2D eigenvalue weighted by atomic mass is 35.5. The molecule has 0 aromatic carbocycles. The predicted octanol–water partition coefficient (Wildman–Crippen LogP) is 1.36. The summed E-state index contributed by atoms with van der Waals surface area (Å²) in [6, 6.07) is 0. The van der Waals surface area contributed by atoms with Gasteiger partial charge in [-0.25, -0.2) is 0 Å². The van der Waals surface area contributed by atoms with Crippen LogP contribution in [0.25, 0.3) is 0 Å². The van der Waals surface area contributed by atoms with Crippen molar-refractivity contribution >= 4 is 11.6 Å². The molecule has 2 nitrogen and oxygen atoms in total. The van der Waals surface area contributed by atoms with Crippen LogP contribution in [0, 0.1) is 6.20 Å². The molecule has 0 atom stereocenters. The molecule has 8 heavy (non-hydrogen) atoms. The van der Waals surface area contributed by atoms with Gasteiger partial charge in [-0.05, 0) is 6.92 Å². The second-order valence-corrected chi connectivity index (χ2v) is 1.83. The third-order valence-electron chi connectivity index (χ3n) is 0.846. The maximum Gasteiger partial charge on any atom is 0.106 e. The molecule has 3 heteroatoms. The van der Waals surface area contributed by atoms with Gasteiger partial charge in [0.25, 0.3) is 0 Å². The third kappa shape index (κ3) is 1.01. The largest absolute Gasteiger partial charge is 0.262 e. The maximum atomic E-state index is 5.50. The van der Waals surface area contributed by atoms with Crippen molar-refractivity contribution in [2.75, 3.05) is 0 Å². The fourth-order valence-electron chi connectivity index (χ4n) is 0.462. The molecule has 0 aliphatic heterocycles. The van der Waals surface area contributed by atoms with Crippen molar-refractivity contribution in [3.05, 3.63) is 17.4 Å². The topological polar surface area (TPSA) is 17.8 Å². The van der Waals surface area contributed by atoms with Gasteiger partial charge in [0.15, 0.2) is 0 Å². The van der Waals surface area contributed by atoms with Crippen LogP contribution >= 0.6 is 11.6 Å². The van der Waals surface area contributed by atoms with Crippen molar-refractivity contribution in [1.82, 2.24) is 9.78 Å². The van der Waals surface area contributed by atoms with Crippen molar-refractivity contribution in [1.29, 1.82) is 0 Å². The van der Waals surface area contributed by atoms with Gasteiger partial charge < -0.3 is 0 Å². The van der Waals surface area contributed by atoms with E-state index in [1.165, 1.54) is 0 Å². The molecule has 1 radical (unpaired) electrons. The summed E-state index contributed by atoms with van der Waals surface area (Å²) in [6.45, 7) is 2.81. The van der Waals surface area contributed by atoms with Crippen molar-refractivity contribution in [3.63, 3.8) is 0 Å². The maximum absolute atomic E-state index is 5.50. The number of hydrogen-bond donors (Lipinski definition) is 0. The van der Waals surface area contributed by atoms with Crippen LogP contribution in [0.1, 0.15) is 6.92 Å². The van der Waals surface area contributed by atoms with Crippen LogP contribution in [-0.4, -0.2) is 9.78 Å². The second kappa shape index (κ2) is 2.18. The summed E-state index contributed by atoms with van der Waals surface area (Å²) in [5, 5.41) is 4.44. The Morgan fingerprint density at radius 1 is 2.00 bits per heavy atom. The van der Waals surface area contributed by atoms with E-state index in [0.717, 1.165) is 6.54 Å². The monoisotopic (exact) mass is 129 g/mol. The van der Waals surface area contributed by atoms with Gasteiger partial charge >= 0.3 is 0 Å². The zero-order valence-electron chi connectivity index (χ0n) is 4.56. The molecule has 1 aromatic heterocycles. The first-order valence-electron chi connectivity index (χ1n) is 2.43. The normalized spacial score (nSPS) is 9.75. The second-order valence-electron chi connectivity index (χ2n) is 1.42. The van der Waals surface area contributed by atoms with Crippen molar-refractivity contribution in [2.45, 2.75) is 13.5 Å². The Balaban J connectivity index is 2.84. The number of rotatable bonds is 1. The minimum absolute atomic E-state index is 0.576. The van der Waals surface area contributed by atoms with E-state index in [9.17, 15) is 0 Å². The average molecular weight is 130 g/mol. The van der Waals surface area contributed by atoms with Gasteiger partial charge in [-0.3, -0.25) is 4.68 Å². The van der Waals surface area contributed by atoms with Crippen molar-refractivity contribution in [3.8, 4) is 0 Å². The van der Waals surface area contributed by atoms with E-state index in [1.807, 2.05) is 6.92 Å². The van der Waals surface area contributed by atoms with E-state index >= 15 is 0 Å². The number of nitrogens with zero attached hydrogens (tertiary/aromatic N) is 2. The van der Waals surface area contributed by atoms with E-state index < -0.39 is 0 Å². The summed E-state index contributed by atoms with van der Waals surface area (Å²) >= 11 is 5.50. The van der Waals surface area contributed by atoms with Gasteiger partial charge in [0.05, 0.1) is 11.2 Å². The van der Waals surface area contributed by atoms with Crippen molar-refractivity contribution in [2.24, 2.45) is 0 Å². The highest BCUT2D eigenvalue weighted by molar-refractivity contribution is 6.30. The Hall–Kier alpha value is -0.500. The Morgan fingerprint density at radius 3 is 3.00 bits per heavy atom. The lowest BCUT2D eigenvalue weighted by Gasteiger charge is -1.86. The van der Waals surface area contributed by atoms with Crippen LogP contribution in [0.15, 0.2) is 6.20 Å². The quantitative estimate of drug-likeness (QED) is 0.560. The number of aryl methyl sites for hydroxylation is 1. The van der Waals surface area contributed by atoms with E-state index in [2.05, 4.69) is 11.3 Å². The lowest BCUT2D eigenvalue weighted by Crippen LogP contribution is -1.92. The minimum atomic E-state index is 0.576. The summed E-state index contributed by atoms with van der Waals surface area (Å²) in [7, 11) is 0. The van der Waals surface area contributed by atoms with Gasteiger partial charge in [-0.15, -0.1) is 0 Å². The predicted molar refractivity (Wildman–Crippen MR) is 31.7 cm³/mol. The summed E-state index contributed by atoms with van der Waals surface area (Å²) in [5.41, 5.74) is 0. The number of hydrogen-bond acceptors (Lipinski definition) is 1. The van der Waals surface area contributed by atoms with E-state index in [4.69, 9.17) is 11.6 Å². The first kappa shape index (κ1) is 5.63. The zero-order valence-corrected chi connectivity index (χ0v) is 5.31. The van der Waals surface area contributed by atoms with Crippen LogP contribution in [-0.2, 0) is 6.54 Å². The lowest BCUT2D eigenvalue weighted by molar-refractivity contribution is 0.655. The Kier molecular flexibility index (Phi) is 1.53. The molecule has 1 heterocycles. The Labute approximate surface area is 53.1 Å². The SMILES string of the molecule is CCn1[c]c(Cl)cn1. The Morgan fingerprint density at radius 2 is 2.75 bits per heavy atom. The fourth-order valence-corrected chi connectivity index (χ4v) is 0.603. The fraction of sp³-hybridized carbons (Fsp3) is 0.400. The van der Waals surface area contributed by atoms with Crippen LogP contribution < -0.4 is 0 Å². The Bertz CT molecular complexity index is 171. The summed E-state index contributed by atoms with van der Waals surface area (Å²) < 4.78 is 1.66. The highest BCUT2D eigenvalue weighted by Gasteiger charge is 1.89. The molecule has 0 fully saturated rings. The first-order valence-corrected chi connectivity index (χ1v) is 2.81. The molecule has 0 saturated heterocycles. The van der Waals surface area contributed by atoms with Crippen molar-refractivity contribution < 1.29 is 0 Å². The molecular formula is C5H6ClN2. The van der Waals surface area contributed by atoms with Gasteiger partial charge in [0.1, 0.15) is 6.20 Å². The van der Waals surface area contributed by atoms with E-state index in [0.29, 0.717) is 5.02 Å². The van der Waals surface area contributed by atoms with Crippen LogP contribution in [0.4, 0.5) is 0 Å². The third-order valence-corrected chi connectivity index (χ3v) is 1.03. The van der Waals surface area contributed by atoms with Crippen LogP contribution in [0.2, 0.25) is 5.02 Å². The van der Waals surface area contributed by atoms with Gasteiger partial charge in [-0.2, -0.15) is 5.10 Å². The highest BCUT2D eigenvalue weighted by Crippen LogP contribution is 2.02. The van der Waals surface area contributed by atoms with Crippen LogP contribution in [0.3, 0.4) is 0 Å². The molecule has 0 amide bonds. The minimum Gasteiger partial charge on any atom is -0.262 e. The molecule has 0 bridgehead atoms. The molecule has 0 N–H and O–H groups in total. The molecule has 0 spiro atoms. The summed E-state index contributed by atoms with van der Waals surface area (Å²) in [4.78, 5) is 0. The molecule has 0 aliphatic rings. The first-order chi connectivity index (χ1) is 3.83. The lowest BCUT2D eigenvalue weighted by atomic mass is 10.7. The molecule has 1 rings (SSSR count). The summed E-state index contributed by atoms with van der Waals surface area (Å²) in [5.74, 6) is 0. The molecule has 1 aromatic rings. The van der Waals surface area contributed by atoms with E-state index in [-0.39, 0.29) is 0 Å². The van der Waals surface area contributed by atoms with Gasteiger partial charge in [0, 0.05) is 6.54 Å². The van der Waals surface area contributed by atoms with Gasteiger partial charge in [-0.1, -0.05) is 11.6 Å². The standard InChI is InChI=1S/C5H6ClN2/c1-2-8-4-5(6)3-7-8/h3H,2H2,1H3. The number of halogens is 1. The molecule has 0 unspecified atom stereocenters. The summed E-state index contributed by atoms with van der Waals surface area (Å²) in [6.07, 6.45) is 4.37. The number of aromatic nitrogens is 2. The smallest absolute Gasteiger partial charge is 0.106 e. The van der Waals surface area contributed by atoms with Gasteiger partial charge in [0.2, 0.25) is 0 Å². The zero-order chi connectivity index (χ0) is 5.98. The molecular weight excluding hydrogens is 124 g/mol. The van der Waals surface area contributed by atoms with Crippen LogP contribution in [0.5, 0.6) is 0 Å².